The number of ether oxygens (including phenoxy) is 3. The van der Waals surface area contributed by atoms with E-state index in [1.54, 1.807) is 19.9 Å². The zero-order valence-electron chi connectivity index (χ0n) is 7.91. The number of carbonyl (C=O) groups excluding carboxylic acids is 1. The van der Waals surface area contributed by atoms with Crippen LogP contribution >= 0.6 is 0 Å². The molecule has 0 unspecified atom stereocenters. The summed E-state index contributed by atoms with van der Waals surface area (Å²) in [7, 11) is 0. The van der Waals surface area contributed by atoms with Gasteiger partial charge in [0.2, 0.25) is 0 Å². The van der Waals surface area contributed by atoms with Gasteiger partial charge >= 0.3 is 5.97 Å². The highest BCUT2D eigenvalue weighted by Gasteiger charge is 2.27. The SMILES string of the molecule is CCOC(=O)C=CC1(C)OCCO1. The van der Waals surface area contributed by atoms with Gasteiger partial charge in [0.05, 0.1) is 19.8 Å². The van der Waals surface area contributed by atoms with Crippen LogP contribution in [0.3, 0.4) is 0 Å². The minimum atomic E-state index is -0.757. The van der Waals surface area contributed by atoms with E-state index >= 15 is 0 Å². The molecule has 1 aliphatic rings. The van der Waals surface area contributed by atoms with Crippen molar-refractivity contribution in [1.29, 1.82) is 0 Å². The molecule has 1 heterocycles. The average molecular weight is 186 g/mol. The van der Waals surface area contributed by atoms with Crippen molar-refractivity contribution in [2.24, 2.45) is 0 Å². The van der Waals surface area contributed by atoms with Crippen LogP contribution in [0.4, 0.5) is 0 Å². The van der Waals surface area contributed by atoms with E-state index in [9.17, 15) is 4.79 Å². The van der Waals surface area contributed by atoms with Gasteiger partial charge in [-0.3, -0.25) is 0 Å². The third kappa shape index (κ3) is 3.16. The number of hydrogen-bond donors (Lipinski definition) is 0. The smallest absolute Gasteiger partial charge is 0.330 e. The first-order valence-electron chi connectivity index (χ1n) is 4.30. The van der Waals surface area contributed by atoms with Gasteiger partial charge in [-0.1, -0.05) is 0 Å². The Bertz CT molecular complexity index is 204. The Kier molecular flexibility index (Phi) is 3.45. The lowest BCUT2D eigenvalue weighted by molar-refractivity contribution is -0.138. The molecule has 0 spiro atoms. The summed E-state index contributed by atoms with van der Waals surface area (Å²) in [6.45, 7) is 5.01. The summed E-state index contributed by atoms with van der Waals surface area (Å²) in [5, 5.41) is 0. The highest BCUT2D eigenvalue weighted by atomic mass is 16.7. The molecule has 13 heavy (non-hydrogen) atoms. The minimum absolute atomic E-state index is 0.372. The minimum Gasteiger partial charge on any atom is -0.463 e. The van der Waals surface area contributed by atoms with Crippen molar-refractivity contribution < 1.29 is 19.0 Å². The van der Waals surface area contributed by atoms with E-state index in [4.69, 9.17) is 14.2 Å². The van der Waals surface area contributed by atoms with Crippen LogP contribution in [-0.2, 0) is 19.0 Å². The number of rotatable bonds is 3. The lowest BCUT2D eigenvalue weighted by atomic mass is 10.3. The third-order valence-electron chi connectivity index (χ3n) is 1.67. The lowest BCUT2D eigenvalue weighted by Crippen LogP contribution is -2.22. The van der Waals surface area contributed by atoms with Gasteiger partial charge in [0.15, 0.2) is 5.79 Å². The van der Waals surface area contributed by atoms with Crippen LogP contribution in [0.1, 0.15) is 13.8 Å². The molecule has 0 aromatic rings. The monoisotopic (exact) mass is 186 g/mol. The van der Waals surface area contributed by atoms with Crippen LogP contribution in [0, 0.1) is 0 Å². The Morgan fingerprint density at radius 1 is 1.54 bits per heavy atom. The van der Waals surface area contributed by atoms with Crippen molar-refractivity contribution in [3.05, 3.63) is 12.2 Å². The van der Waals surface area contributed by atoms with E-state index in [0.29, 0.717) is 19.8 Å². The molecule has 1 saturated heterocycles. The summed E-state index contributed by atoms with van der Waals surface area (Å²) < 4.78 is 15.2. The first-order chi connectivity index (χ1) is 6.16. The Morgan fingerprint density at radius 2 is 2.15 bits per heavy atom. The zero-order valence-corrected chi connectivity index (χ0v) is 7.91. The fourth-order valence-corrected chi connectivity index (χ4v) is 1.04. The molecule has 0 aromatic carbocycles. The first-order valence-corrected chi connectivity index (χ1v) is 4.30. The number of hydrogen-bond acceptors (Lipinski definition) is 4. The van der Waals surface area contributed by atoms with Gasteiger partial charge in [-0.25, -0.2) is 4.79 Å². The standard InChI is InChI=1S/C9H14O4/c1-3-11-8(10)4-5-9(2)12-6-7-13-9/h4-5H,3,6-7H2,1-2H3. The number of esters is 1. The Morgan fingerprint density at radius 3 is 2.69 bits per heavy atom. The summed E-state index contributed by atoms with van der Waals surface area (Å²) in [4.78, 5) is 10.9. The van der Waals surface area contributed by atoms with Gasteiger partial charge in [-0.2, -0.15) is 0 Å². The van der Waals surface area contributed by atoms with Crippen molar-refractivity contribution in [3.8, 4) is 0 Å². The molecule has 0 saturated carbocycles. The van der Waals surface area contributed by atoms with Crippen LogP contribution in [0.15, 0.2) is 12.2 Å². The van der Waals surface area contributed by atoms with Crippen molar-refractivity contribution in [1.82, 2.24) is 0 Å². The molecule has 0 aliphatic carbocycles. The van der Waals surface area contributed by atoms with E-state index < -0.39 is 5.79 Å². The number of carbonyl (C=O) groups is 1. The maximum atomic E-state index is 10.9. The predicted octanol–water partition coefficient (Wildman–Crippen LogP) is 0.869. The van der Waals surface area contributed by atoms with Crippen molar-refractivity contribution in [3.63, 3.8) is 0 Å². The van der Waals surface area contributed by atoms with Gasteiger partial charge in [0.1, 0.15) is 0 Å². The topological polar surface area (TPSA) is 44.8 Å². The van der Waals surface area contributed by atoms with Gasteiger partial charge in [0.25, 0.3) is 0 Å². The van der Waals surface area contributed by atoms with Crippen molar-refractivity contribution in [2.45, 2.75) is 19.6 Å². The highest BCUT2D eigenvalue weighted by Crippen LogP contribution is 2.19. The summed E-state index contributed by atoms with van der Waals surface area (Å²) in [5.74, 6) is -1.13. The van der Waals surface area contributed by atoms with E-state index in [-0.39, 0.29) is 5.97 Å². The zero-order chi connectivity index (χ0) is 9.73. The molecule has 1 fully saturated rings. The molecule has 0 N–H and O–H groups in total. The van der Waals surface area contributed by atoms with E-state index in [1.165, 1.54) is 6.08 Å². The lowest BCUT2D eigenvalue weighted by Gasteiger charge is -2.16. The molecule has 0 radical (unpaired) electrons. The van der Waals surface area contributed by atoms with Crippen LogP contribution in [0.2, 0.25) is 0 Å². The molecule has 4 nitrogen and oxygen atoms in total. The van der Waals surface area contributed by atoms with E-state index in [1.807, 2.05) is 0 Å². The molecule has 1 rings (SSSR count). The normalized spacial score (nSPS) is 20.8. The molecular formula is C9H14O4. The van der Waals surface area contributed by atoms with Gasteiger partial charge in [0, 0.05) is 6.08 Å². The second-order valence-electron chi connectivity index (χ2n) is 2.80. The molecule has 0 bridgehead atoms. The molecule has 4 heteroatoms. The fraction of sp³-hybridized carbons (Fsp3) is 0.667. The first kappa shape index (κ1) is 10.2. The van der Waals surface area contributed by atoms with Crippen LogP contribution in [-0.4, -0.2) is 31.6 Å². The van der Waals surface area contributed by atoms with E-state index in [2.05, 4.69) is 0 Å². The highest BCUT2D eigenvalue weighted by molar-refractivity contribution is 5.82. The Balaban J connectivity index is 2.41. The second-order valence-corrected chi connectivity index (χ2v) is 2.80. The van der Waals surface area contributed by atoms with Gasteiger partial charge in [-0.05, 0) is 19.9 Å². The van der Waals surface area contributed by atoms with Crippen molar-refractivity contribution in [2.75, 3.05) is 19.8 Å². The maximum Gasteiger partial charge on any atom is 0.330 e. The summed E-state index contributed by atoms with van der Waals surface area (Å²) in [6, 6.07) is 0. The van der Waals surface area contributed by atoms with Gasteiger partial charge in [-0.15, -0.1) is 0 Å². The van der Waals surface area contributed by atoms with Crippen LogP contribution in [0.5, 0.6) is 0 Å². The van der Waals surface area contributed by atoms with E-state index in [0.717, 1.165) is 0 Å². The summed E-state index contributed by atoms with van der Waals surface area (Å²) in [5.41, 5.74) is 0. The summed E-state index contributed by atoms with van der Waals surface area (Å²) in [6.07, 6.45) is 2.90. The van der Waals surface area contributed by atoms with Gasteiger partial charge < -0.3 is 14.2 Å². The molecule has 0 aromatic heterocycles. The quantitative estimate of drug-likeness (QED) is 0.484. The van der Waals surface area contributed by atoms with Crippen LogP contribution < -0.4 is 0 Å². The fourth-order valence-electron chi connectivity index (χ4n) is 1.04. The largest absolute Gasteiger partial charge is 0.463 e. The maximum absolute atomic E-state index is 10.9. The molecule has 74 valence electrons. The summed E-state index contributed by atoms with van der Waals surface area (Å²) >= 11 is 0. The second kappa shape index (κ2) is 4.39. The molecule has 0 amide bonds. The third-order valence-corrected chi connectivity index (χ3v) is 1.67. The predicted molar refractivity (Wildman–Crippen MR) is 46.1 cm³/mol. The molecule has 1 aliphatic heterocycles. The Hall–Kier alpha value is -0.870. The Labute approximate surface area is 77.5 Å². The van der Waals surface area contributed by atoms with Crippen molar-refractivity contribution >= 4 is 5.97 Å². The van der Waals surface area contributed by atoms with Crippen LogP contribution in [0.25, 0.3) is 0 Å². The molecule has 0 atom stereocenters. The average Bonchev–Trinajstić information content (AvgIpc) is 2.51. The molecular weight excluding hydrogens is 172 g/mol.